The molecule has 2 aliphatic heterocycles. The van der Waals surface area contributed by atoms with Crippen LogP contribution in [0.1, 0.15) is 46.0 Å². The monoisotopic (exact) mass is 280 g/mol. The minimum Gasteiger partial charge on any atom is -0.360 e. The van der Waals surface area contributed by atoms with Gasteiger partial charge in [0, 0.05) is 26.2 Å². The number of hydrogen-bond donors (Lipinski definition) is 0. The fraction of sp³-hybridized carbons (Fsp3) is 0.938. The highest BCUT2D eigenvalue weighted by molar-refractivity contribution is 5.81. The van der Waals surface area contributed by atoms with E-state index in [2.05, 4.69) is 11.8 Å². The Balaban J connectivity index is 1.53. The third-order valence-corrected chi connectivity index (χ3v) is 5.26. The number of nitrogens with zero attached hydrogens (tertiary/aromatic N) is 2. The quantitative estimate of drug-likeness (QED) is 0.788. The van der Waals surface area contributed by atoms with Crippen LogP contribution in [0.4, 0.5) is 0 Å². The van der Waals surface area contributed by atoms with Crippen molar-refractivity contribution in [1.82, 2.24) is 9.80 Å². The van der Waals surface area contributed by atoms with Gasteiger partial charge in [-0.1, -0.05) is 12.8 Å². The standard InChI is InChI=1S/C16H28N2O2/c1-3-18-12-16(20-13(2)15(18)19)7-10-17(11-8-16)9-6-14-4-5-14/h13-14H,3-12H2,1-2H3/t13-/m0/s1. The topological polar surface area (TPSA) is 32.8 Å². The van der Waals surface area contributed by atoms with E-state index in [0.717, 1.165) is 44.9 Å². The molecule has 2 heterocycles. The molecular weight excluding hydrogens is 252 g/mol. The number of carbonyl (C=O) groups is 1. The van der Waals surface area contributed by atoms with Crippen molar-refractivity contribution in [1.29, 1.82) is 0 Å². The summed E-state index contributed by atoms with van der Waals surface area (Å²) in [6.07, 6.45) is 6.17. The molecule has 1 atom stereocenters. The van der Waals surface area contributed by atoms with Gasteiger partial charge < -0.3 is 14.5 Å². The van der Waals surface area contributed by atoms with Gasteiger partial charge in [-0.25, -0.2) is 0 Å². The van der Waals surface area contributed by atoms with E-state index in [1.807, 2.05) is 11.8 Å². The number of amides is 1. The van der Waals surface area contributed by atoms with Gasteiger partial charge in [-0.15, -0.1) is 0 Å². The van der Waals surface area contributed by atoms with Crippen molar-refractivity contribution >= 4 is 5.91 Å². The van der Waals surface area contributed by atoms with Crippen molar-refractivity contribution in [3.05, 3.63) is 0 Å². The highest BCUT2D eigenvalue weighted by Crippen LogP contribution is 2.35. The van der Waals surface area contributed by atoms with E-state index in [4.69, 9.17) is 4.74 Å². The summed E-state index contributed by atoms with van der Waals surface area (Å²) in [5, 5.41) is 0. The molecule has 3 aliphatic rings. The average molecular weight is 280 g/mol. The number of carbonyl (C=O) groups excluding carboxylic acids is 1. The highest BCUT2D eigenvalue weighted by atomic mass is 16.5. The smallest absolute Gasteiger partial charge is 0.251 e. The van der Waals surface area contributed by atoms with E-state index in [9.17, 15) is 4.79 Å². The molecule has 0 radical (unpaired) electrons. The molecule has 4 heteroatoms. The van der Waals surface area contributed by atoms with Crippen LogP contribution in [0, 0.1) is 5.92 Å². The Labute approximate surface area is 122 Å². The van der Waals surface area contributed by atoms with Crippen LogP contribution in [0.2, 0.25) is 0 Å². The third kappa shape index (κ3) is 3.01. The average Bonchev–Trinajstić information content (AvgIpc) is 3.27. The molecule has 114 valence electrons. The molecule has 0 aromatic heterocycles. The lowest BCUT2D eigenvalue weighted by Crippen LogP contribution is -2.61. The third-order valence-electron chi connectivity index (χ3n) is 5.26. The molecule has 0 N–H and O–H groups in total. The molecule has 1 spiro atoms. The van der Waals surface area contributed by atoms with Gasteiger partial charge in [0.2, 0.25) is 0 Å². The van der Waals surface area contributed by atoms with Crippen LogP contribution in [0.5, 0.6) is 0 Å². The van der Waals surface area contributed by atoms with Gasteiger partial charge in [0.15, 0.2) is 0 Å². The van der Waals surface area contributed by atoms with Crippen molar-refractivity contribution in [3.8, 4) is 0 Å². The summed E-state index contributed by atoms with van der Waals surface area (Å²) < 4.78 is 6.13. The summed E-state index contributed by atoms with van der Waals surface area (Å²) in [5.41, 5.74) is -0.0700. The second-order valence-corrected chi connectivity index (χ2v) is 6.87. The summed E-state index contributed by atoms with van der Waals surface area (Å²) >= 11 is 0. The molecule has 1 aliphatic carbocycles. The normalized spacial score (nSPS) is 31.0. The van der Waals surface area contributed by atoms with Crippen molar-refractivity contribution in [2.24, 2.45) is 5.92 Å². The van der Waals surface area contributed by atoms with Crippen molar-refractivity contribution in [2.45, 2.75) is 57.7 Å². The first-order chi connectivity index (χ1) is 9.62. The van der Waals surface area contributed by atoms with Gasteiger partial charge in [-0.2, -0.15) is 0 Å². The fourth-order valence-electron chi connectivity index (χ4n) is 3.64. The highest BCUT2D eigenvalue weighted by Gasteiger charge is 2.44. The number of rotatable bonds is 4. The molecule has 0 aromatic carbocycles. The summed E-state index contributed by atoms with van der Waals surface area (Å²) in [6.45, 7) is 9.09. The van der Waals surface area contributed by atoms with Gasteiger partial charge >= 0.3 is 0 Å². The van der Waals surface area contributed by atoms with Crippen LogP contribution in [-0.4, -0.2) is 60.1 Å². The Morgan fingerprint density at radius 3 is 2.60 bits per heavy atom. The maximum atomic E-state index is 12.0. The lowest BCUT2D eigenvalue weighted by molar-refractivity contribution is -0.189. The van der Waals surface area contributed by atoms with Gasteiger partial charge in [-0.05, 0) is 45.6 Å². The molecule has 0 bridgehead atoms. The lowest BCUT2D eigenvalue weighted by atomic mass is 9.88. The number of ether oxygens (including phenoxy) is 1. The molecule has 0 unspecified atom stereocenters. The Bertz CT molecular complexity index is 359. The number of morpholine rings is 1. The van der Waals surface area contributed by atoms with Crippen LogP contribution in [0.3, 0.4) is 0 Å². The second-order valence-electron chi connectivity index (χ2n) is 6.87. The molecule has 1 amide bonds. The lowest BCUT2D eigenvalue weighted by Gasteiger charge is -2.49. The molecule has 3 rings (SSSR count). The zero-order chi connectivity index (χ0) is 14.2. The number of piperidine rings is 1. The summed E-state index contributed by atoms with van der Waals surface area (Å²) in [7, 11) is 0. The predicted octanol–water partition coefficient (Wildman–Crippen LogP) is 1.89. The first kappa shape index (κ1) is 14.3. The first-order valence-electron chi connectivity index (χ1n) is 8.31. The maximum Gasteiger partial charge on any atom is 0.251 e. The second kappa shape index (κ2) is 5.64. The molecule has 3 fully saturated rings. The number of likely N-dealkylation sites (N-methyl/N-ethyl adjacent to an activating group) is 1. The van der Waals surface area contributed by atoms with E-state index in [0.29, 0.717) is 0 Å². The van der Waals surface area contributed by atoms with E-state index in [-0.39, 0.29) is 17.6 Å². The zero-order valence-electron chi connectivity index (χ0n) is 12.9. The Morgan fingerprint density at radius 1 is 1.30 bits per heavy atom. The van der Waals surface area contributed by atoms with Gasteiger partial charge in [0.05, 0.1) is 5.60 Å². The van der Waals surface area contributed by atoms with Crippen LogP contribution in [-0.2, 0) is 9.53 Å². The Hall–Kier alpha value is -0.610. The van der Waals surface area contributed by atoms with Crippen LogP contribution in [0.15, 0.2) is 0 Å². The SMILES string of the molecule is CCN1CC2(CCN(CCC3CC3)CC2)O[C@@H](C)C1=O. The van der Waals surface area contributed by atoms with E-state index < -0.39 is 0 Å². The van der Waals surface area contributed by atoms with Crippen LogP contribution in [0.25, 0.3) is 0 Å². The molecular formula is C16H28N2O2. The van der Waals surface area contributed by atoms with Crippen LogP contribution >= 0.6 is 0 Å². The van der Waals surface area contributed by atoms with Gasteiger partial charge in [-0.3, -0.25) is 4.79 Å². The number of hydrogen-bond acceptors (Lipinski definition) is 3. The number of likely N-dealkylation sites (tertiary alicyclic amines) is 1. The maximum absolute atomic E-state index is 12.0. The van der Waals surface area contributed by atoms with E-state index in [1.165, 1.54) is 25.8 Å². The minimum atomic E-state index is -0.262. The first-order valence-corrected chi connectivity index (χ1v) is 8.31. The van der Waals surface area contributed by atoms with E-state index in [1.54, 1.807) is 0 Å². The largest absolute Gasteiger partial charge is 0.360 e. The summed E-state index contributed by atoms with van der Waals surface area (Å²) in [6, 6.07) is 0. The molecule has 0 aromatic rings. The molecule has 20 heavy (non-hydrogen) atoms. The minimum absolute atomic E-state index is 0.0700. The Kier molecular flexibility index (Phi) is 4.04. The van der Waals surface area contributed by atoms with Crippen molar-refractivity contribution < 1.29 is 9.53 Å². The van der Waals surface area contributed by atoms with Gasteiger partial charge in [0.25, 0.3) is 5.91 Å². The summed E-state index contributed by atoms with van der Waals surface area (Å²) in [5.74, 6) is 1.18. The molecule has 1 saturated carbocycles. The molecule has 2 saturated heterocycles. The Morgan fingerprint density at radius 2 is 2.00 bits per heavy atom. The van der Waals surface area contributed by atoms with Crippen LogP contribution < -0.4 is 0 Å². The van der Waals surface area contributed by atoms with Gasteiger partial charge in [0.1, 0.15) is 6.10 Å². The summed E-state index contributed by atoms with van der Waals surface area (Å²) in [4.78, 5) is 16.6. The van der Waals surface area contributed by atoms with Crippen molar-refractivity contribution in [2.75, 3.05) is 32.7 Å². The predicted molar refractivity (Wildman–Crippen MR) is 78.5 cm³/mol. The molecule has 4 nitrogen and oxygen atoms in total. The van der Waals surface area contributed by atoms with E-state index >= 15 is 0 Å². The van der Waals surface area contributed by atoms with Crippen molar-refractivity contribution in [3.63, 3.8) is 0 Å². The zero-order valence-corrected chi connectivity index (χ0v) is 12.9. The fourth-order valence-corrected chi connectivity index (χ4v) is 3.64.